The van der Waals surface area contributed by atoms with E-state index in [1.807, 2.05) is 0 Å². The van der Waals surface area contributed by atoms with E-state index in [2.05, 4.69) is 15.7 Å². The van der Waals surface area contributed by atoms with Gasteiger partial charge in [-0.25, -0.2) is 4.74 Å². The Morgan fingerprint density at radius 3 is 2.00 bits per heavy atom. The van der Waals surface area contributed by atoms with Crippen LogP contribution < -0.4 is 5.84 Å². The summed E-state index contributed by atoms with van der Waals surface area (Å²) in [6.45, 7) is 0. The molecule has 0 saturated heterocycles. The van der Waals surface area contributed by atoms with Crippen LogP contribution in [-0.2, 0) is 0 Å². The average Bonchev–Trinajstić information content (AvgIpc) is 1.59. The summed E-state index contributed by atoms with van der Waals surface area (Å²) in [5.74, 6) is 4.65. The topological polar surface area (TPSA) is 50.7 Å². The molecular weight excluding hydrogens is 191 g/mol. The van der Waals surface area contributed by atoms with Crippen molar-refractivity contribution in [2.45, 2.75) is 0 Å². The van der Waals surface area contributed by atoms with Gasteiger partial charge >= 0.3 is 0 Å². The van der Waals surface area contributed by atoms with Gasteiger partial charge in [0.2, 0.25) is 5.11 Å². The summed E-state index contributed by atoms with van der Waals surface area (Å²) in [6, 6.07) is 0. The summed E-state index contributed by atoms with van der Waals surface area (Å²) in [5.41, 5.74) is 0. The molecule has 0 aliphatic carbocycles. The first-order valence-corrected chi connectivity index (χ1v) is 5.94. The van der Waals surface area contributed by atoms with Gasteiger partial charge in [0.1, 0.15) is 6.34 Å². The molecule has 0 radical (unpaired) electrons. The Balaban J connectivity index is 3.96. The molecule has 0 spiro atoms. The zero-order valence-electron chi connectivity index (χ0n) is 3.63. The highest BCUT2D eigenvalue weighted by Crippen LogP contribution is 2.64. The third kappa shape index (κ3) is 6.57. The van der Waals surface area contributed by atoms with Gasteiger partial charge in [-0.3, -0.25) is 0 Å². The smallest absolute Gasteiger partial charge is 0.230 e. The highest BCUT2D eigenvalue weighted by Gasteiger charge is 2.01. The van der Waals surface area contributed by atoms with Crippen LogP contribution in [0, 0.1) is 0 Å². The van der Waals surface area contributed by atoms with Gasteiger partial charge in [0.25, 0.3) is 0 Å². The highest BCUT2D eigenvalue weighted by atomic mass is 36.0. The molecule has 3 nitrogen and oxygen atoms in total. The summed E-state index contributed by atoms with van der Waals surface area (Å²) in [6.07, 6.45) is 1.01. The first-order chi connectivity index (χ1) is 3.56. The maximum absolute atomic E-state index is 5.24. The van der Waals surface area contributed by atoms with E-state index in [0.717, 1.165) is 6.34 Å². The number of rotatable bonds is 1. The van der Waals surface area contributed by atoms with Crippen molar-refractivity contribution in [3.8, 4) is 0 Å². The van der Waals surface area contributed by atoms with Crippen molar-refractivity contribution in [3.63, 3.8) is 0 Å². The second-order valence-electron chi connectivity index (χ2n) is 0.798. The second-order valence-corrected chi connectivity index (χ2v) is 7.83. The number of hydrazone groups is 1. The molecule has 0 saturated carbocycles. The Kier molecular flexibility index (Phi) is 3.82. The van der Waals surface area contributed by atoms with Crippen molar-refractivity contribution in [1.29, 1.82) is 0 Å². The molecule has 0 aromatic heterocycles. The van der Waals surface area contributed by atoms with E-state index in [-0.39, 0.29) is 0 Å². The minimum Gasteiger partial charge on any atom is -0.322 e. The average molecular weight is 194 g/mol. The quantitative estimate of drug-likeness (QED) is 0.225. The fourth-order valence-corrected chi connectivity index (χ4v) is 0.616. The summed E-state index contributed by atoms with van der Waals surface area (Å²) in [7, 11) is 0. The number of nitrogens with zero attached hydrogens (tertiary/aromatic N) is 2. The Morgan fingerprint density at radius 2 is 1.88 bits per heavy atom. The largest absolute Gasteiger partial charge is 0.322 e. The first kappa shape index (κ1) is 8.57. The first-order valence-electron chi connectivity index (χ1n) is 1.48. The van der Waals surface area contributed by atoms with Gasteiger partial charge < -0.3 is 5.84 Å². The van der Waals surface area contributed by atoms with Gasteiger partial charge in [-0.2, -0.15) is 5.10 Å². The van der Waals surface area contributed by atoms with E-state index >= 15 is 0 Å². The molecule has 0 aromatic carbocycles. The van der Waals surface area contributed by atoms with Gasteiger partial charge in [-0.15, -0.1) is 0 Å². The molecule has 0 aliphatic rings. The lowest BCUT2D eigenvalue weighted by Crippen LogP contribution is -1.76. The Hall–Kier alpha value is 0.570. The van der Waals surface area contributed by atoms with E-state index in [1.54, 1.807) is 0 Å². The van der Waals surface area contributed by atoms with Crippen molar-refractivity contribution in [1.82, 2.24) is 0 Å². The minimum atomic E-state index is -2.62. The molecule has 8 heavy (non-hydrogen) atoms. The zero-order valence-corrected chi connectivity index (χ0v) is 6.79. The molecule has 0 fully saturated rings. The standard InChI is InChI=1S/CH3Cl3N3P/c2-8(3,4)7-1-6-5/h1H,5H2. The van der Waals surface area contributed by atoms with E-state index in [9.17, 15) is 0 Å². The van der Waals surface area contributed by atoms with Gasteiger partial charge in [-0.05, 0) is 33.7 Å². The Labute approximate surface area is 61.2 Å². The van der Waals surface area contributed by atoms with Gasteiger partial charge in [-0.1, -0.05) is 0 Å². The lowest BCUT2D eigenvalue weighted by atomic mass is 11.4. The maximum atomic E-state index is 5.24. The van der Waals surface area contributed by atoms with Crippen LogP contribution in [0.5, 0.6) is 0 Å². The third-order valence-electron chi connectivity index (χ3n) is 0.249. The highest BCUT2D eigenvalue weighted by molar-refractivity contribution is 8.26. The predicted octanol–water partition coefficient (Wildman–Crippen LogP) is 2.55. The molecule has 0 amide bonds. The molecule has 0 unspecified atom stereocenters. The SMILES string of the molecule is NN=CN=P(Cl)(Cl)Cl. The van der Waals surface area contributed by atoms with Crippen molar-refractivity contribution in [3.05, 3.63) is 0 Å². The van der Waals surface area contributed by atoms with Crippen molar-refractivity contribution in [2.75, 3.05) is 0 Å². The Bertz CT molecular complexity index is 127. The molecule has 0 atom stereocenters. The van der Waals surface area contributed by atoms with Crippen LogP contribution in [0.1, 0.15) is 0 Å². The third-order valence-corrected chi connectivity index (χ3v) is 1.40. The summed E-state index contributed by atoms with van der Waals surface area (Å²) in [4.78, 5) is 0. The normalized spacial score (nSPS) is 12.4. The second kappa shape index (κ2) is 3.57. The van der Waals surface area contributed by atoms with E-state index in [1.165, 1.54) is 0 Å². The van der Waals surface area contributed by atoms with E-state index < -0.39 is 5.11 Å². The van der Waals surface area contributed by atoms with Gasteiger partial charge in [0, 0.05) is 0 Å². The van der Waals surface area contributed by atoms with Crippen LogP contribution in [0.4, 0.5) is 0 Å². The number of nitrogens with two attached hydrogens (primary N) is 1. The fourth-order valence-electron chi connectivity index (χ4n) is 0.0884. The predicted molar refractivity (Wildman–Crippen MR) is 39.6 cm³/mol. The van der Waals surface area contributed by atoms with Gasteiger partial charge in [0.05, 0.1) is 0 Å². The molecular formula is CH3Cl3N3P. The minimum absolute atomic E-state index is 1.01. The maximum Gasteiger partial charge on any atom is 0.230 e. The van der Waals surface area contributed by atoms with E-state index in [4.69, 9.17) is 33.7 Å². The molecule has 0 aromatic rings. The monoisotopic (exact) mass is 193 g/mol. The number of halogens is 3. The van der Waals surface area contributed by atoms with Crippen LogP contribution >= 0.6 is 38.8 Å². The van der Waals surface area contributed by atoms with E-state index in [0.29, 0.717) is 0 Å². The van der Waals surface area contributed by atoms with Crippen LogP contribution in [0.25, 0.3) is 0 Å². The van der Waals surface area contributed by atoms with Crippen LogP contribution in [0.2, 0.25) is 0 Å². The van der Waals surface area contributed by atoms with Crippen LogP contribution in [-0.4, -0.2) is 6.34 Å². The van der Waals surface area contributed by atoms with Crippen LogP contribution in [0.15, 0.2) is 9.85 Å². The zero-order chi connectivity index (χ0) is 6.62. The molecule has 0 aliphatic heterocycles. The summed E-state index contributed by atoms with van der Waals surface area (Å²) < 4.78 is 3.37. The summed E-state index contributed by atoms with van der Waals surface area (Å²) in [5, 5.41) is 0.384. The van der Waals surface area contributed by atoms with Gasteiger partial charge in [0.15, 0.2) is 0 Å². The Morgan fingerprint density at radius 1 is 1.38 bits per heavy atom. The lowest BCUT2D eigenvalue weighted by Gasteiger charge is -1.88. The molecule has 48 valence electrons. The number of hydrogen-bond donors (Lipinski definition) is 1. The van der Waals surface area contributed by atoms with Crippen molar-refractivity contribution < 1.29 is 0 Å². The number of hydrogen-bond acceptors (Lipinski definition) is 2. The molecule has 0 rings (SSSR count). The molecule has 7 heteroatoms. The lowest BCUT2D eigenvalue weighted by molar-refractivity contribution is 1.26. The van der Waals surface area contributed by atoms with Crippen molar-refractivity contribution >= 4 is 45.2 Å². The molecule has 0 bridgehead atoms. The summed E-state index contributed by atoms with van der Waals surface area (Å²) >= 11 is 15.7. The van der Waals surface area contributed by atoms with Crippen LogP contribution in [0.3, 0.4) is 0 Å². The van der Waals surface area contributed by atoms with Crippen molar-refractivity contribution in [2.24, 2.45) is 15.7 Å². The molecule has 0 heterocycles. The fraction of sp³-hybridized carbons (Fsp3) is 0. The molecule has 2 N–H and O–H groups in total.